The average molecular weight is 259 g/mol. The summed E-state index contributed by atoms with van der Waals surface area (Å²) in [4.78, 5) is -0.601. The van der Waals surface area contributed by atoms with Crippen molar-refractivity contribution in [3.05, 3.63) is 0 Å². The van der Waals surface area contributed by atoms with Crippen molar-refractivity contribution in [2.45, 2.75) is 26.1 Å². The summed E-state index contributed by atoms with van der Waals surface area (Å²) in [6, 6.07) is 0. The molecule has 2 atom stereocenters. The average Bonchev–Trinajstić information content (AvgIpc) is 2.12. The molecule has 0 aliphatic carbocycles. The second-order valence-electron chi connectivity index (χ2n) is 3.30. The van der Waals surface area contributed by atoms with E-state index >= 15 is 0 Å². The van der Waals surface area contributed by atoms with E-state index in [0.29, 0.717) is 6.61 Å². The molecule has 0 aromatic heterocycles. The number of alkyl halides is 3. The van der Waals surface area contributed by atoms with Crippen LogP contribution in [0.5, 0.6) is 0 Å². The van der Waals surface area contributed by atoms with E-state index < -0.39 is 29.8 Å². The maximum absolute atomic E-state index is 12.4. The van der Waals surface area contributed by atoms with Crippen LogP contribution in [-0.4, -0.2) is 37.1 Å². The molecule has 96 valence electrons. The van der Waals surface area contributed by atoms with E-state index in [4.69, 9.17) is 15.2 Å². The van der Waals surface area contributed by atoms with Gasteiger partial charge in [0.15, 0.2) is 0 Å². The fourth-order valence-corrected chi connectivity index (χ4v) is 1.13. The Balaban J connectivity index is 4.08. The fraction of sp³-hybridized carbons (Fsp3) is 0.889. The zero-order chi connectivity index (χ0) is 12.8. The van der Waals surface area contributed by atoms with Crippen LogP contribution >= 0.6 is 12.2 Å². The first-order valence-corrected chi connectivity index (χ1v) is 5.25. The second-order valence-corrected chi connectivity index (χ2v) is 3.77. The summed E-state index contributed by atoms with van der Waals surface area (Å²) in [5, 5.41) is 0. The molecule has 0 fully saturated rings. The minimum Gasteiger partial charge on any atom is -0.393 e. The molecule has 3 nitrogen and oxygen atoms in total. The van der Waals surface area contributed by atoms with Crippen LogP contribution in [0.15, 0.2) is 0 Å². The number of hydrogen-bond donors (Lipinski definition) is 1. The Bertz CT molecular complexity index is 223. The fourth-order valence-electron chi connectivity index (χ4n) is 0.930. The van der Waals surface area contributed by atoms with Gasteiger partial charge in [0.25, 0.3) is 0 Å². The van der Waals surface area contributed by atoms with Gasteiger partial charge in [0.2, 0.25) is 0 Å². The van der Waals surface area contributed by atoms with Gasteiger partial charge in [-0.15, -0.1) is 0 Å². The van der Waals surface area contributed by atoms with Gasteiger partial charge >= 0.3 is 6.18 Å². The summed E-state index contributed by atoms with van der Waals surface area (Å²) in [6.45, 7) is 3.60. The van der Waals surface area contributed by atoms with Gasteiger partial charge in [-0.25, -0.2) is 0 Å². The highest BCUT2D eigenvalue weighted by Crippen LogP contribution is 2.27. The molecule has 0 saturated carbocycles. The van der Waals surface area contributed by atoms with Crippen LogP contribution in [-0.2, 0) is 9.47 Å². The zero-order valence-electron chi connectivity index (χ0n) is 9.21. The molecule has 0 radical (unpaired) electrons. The molecule has 2 N–H and O–H groups in total. The lowest BCUT2D eigenvalue weighted by molar-refractivity contribution is -0.172. The minimum absolute atomic E-state index is 0.248. The standard InChI is InChI=1S/C9H16F3NO2S/c1-3-14-4-6(2)15-5-7(8(13)16)9(10,11)12/h6-7H,3-5H2,1-2H3,(H2,13,16). The summed E-state index contributed by atoms with van der Waals surface area (Å²) in [7, 11) is 0. The first-order chi connectivity index (χ1) is 7.29. The molecule has 0 saturated heterocycles. The lowest BCUT2D eigenvalue weighted by atomic mass is 10.1. The number of hydrogen-bond acceptors (Lipinski definition) is 3. The summed E-state index contributed by atoms with van der Waals surface area (Å²) in [5.74, 6) is -1.90. The second kappa shape index (κ2) is 7.03. The molecule has 7 heteroatoms. The summed E-state index contributed by atoms with van der Waals surface area (Å²) in [5.41, 5.74) is 5.01. The first kappa shape index (κ1) is 15.6. The first-order valence-electron chi connectivity index (χ1n) is 4.84. The molecule has 0 spiro atoms. The van der Waals surface area contributed by atoms with E-state index in [1.165, 1.54) is 0 Å². The van der Waals surface area contributed by atoms with Crippen LogP contribution in [0.1, 0.15) is 13.8 Å². The van der Waals surface area contributed by atoms with Crippen LogP contribution in [0, 0.1) is 5.92 Å². The Hall–Kier alpha value is -0.400. The van der Waals surface area contributed by atoms with Crippen molar-refractivity contribution in [2.24, 2.45) is 11.7 Å². The van der Waals surface area contributed by atoms with Crippen molar-refractivity contribution in [2.75, 3.05) is 19.8 Å². The molecule has 0 aliphatic rings. The van der Waals surface area contributed by atoms with Crippen molar-refractivity contribution in [1.82, 2.24) is 0 Å². The molecule has 0 aliphatic heterocycles. The van der Waals surface area contributed by atoms with Gasteiger partial charge in [-0.05, 0) is 13.8 Å². The lowest BCUT2D eigenvalue weighted by Gasteiger charge is -2.21. The Kier molecular flexibility index (Phi) is 6.85. The number of halogens is 3. The predicted molar refractivity (Wildman–Crippen MR) is 58.2 cm³/mol. The minimum atomic E-state index is -4.46. The van der Waals surface area contributed by atoms with E-state index in [9.17, 15) is 13.2 Å². The van der Waals surface area contributed by atoms with E-state index in [-0.39, 0.29) is 6.61 Å². The third kappa shape index (κ3) is 6.24. The smallest absolute Gasteiger partial charge is 0.393 e. The number of rotatable bonds is 7. The van der Waals surface area contributed by atoms with Crippen LogP contribution < -0.4 is 5.73 Å². The molecular weight excluding hydrogens is 243 g/mol. The molecular formula is C9H16F3NO2S. The molecule has 0 bridgehead atoms. The zero-order valence-corrected chi connectivity index (χ0v) is 10.0. The Morgan fingerprint density at radius 1 is 1.38 bits per heavy atom. The SMILES string of the molecule is CCOCC(C)OCC(C(N)=S)C(F)(F)F. The molecule has 0 amide bonds. The van der Waals surface area contributed by atoms with Gasteiger partial charge in [-0.1, -0.05) is 12.2 Å². The maximum atomic E-state index is 12.4. The third-order valence-electron chi connectivity index (χ3n) is 1.84. The van der Waals surface area contributed by atoms with Gasteiger partial charge < -0.3 is 15.2 Å². The van der Waals surface area contributed by atoms with Gasteiger partial charge in [0.05, 0.1) is 24.3 Å². The van der Waals surface area contributed by atoms with Crippen molar-refractivity contribution in [3.63, 3.8) is 0 Å². The van der Waals surface area contributed by atoms with E-state index in [2.05, 4.69) is 12.2 Å². The van der Waals surface area contributed by atoms with Crippen LogP contribution in [0.25, 0.3) is 0 Å². The molecule has 0 aromatic carbocycles. The highest BCUT2D eigenvalue weighted by molar-refractivity contribution is 7.80. The van der Waals surface area contributed by atoms with E-state index in [0.717, 1.165) is 0 Å². The monoisotopic (exact) mass is 259 g/mol. The molecule has 0 heterocycles. The van der Waals surface area contributed by atoms with Crippen molar-refractivity contribution < 1.29 is 22.6 Å². The van der Waals surface area contributed by atoms with Crippen LogP contribution in [0.3, 0.4) is 0 Å². The number of thiocarbonyl (C=S) groups is 1. The van der Waals surface area contributed by atoms with Gasteiger partial charge in [-0.3, -0.25) is 0 Å². The van der Waals surface area contributed by atoms with Crippen LogP contribution in [0.4, 0.5) is 13.2 Å². The molecule has 0 rings (SSSR count). The van der Waals surface area contributed by atoms with Gasteiger partial charge in [0.1, 0.15) is 5.92 Å². The van der Waals surface area contributed by atoms with E-state index in [1.54, 1.807) is 13.8 Å². The predicted octanol–water partition coefficient (Wildman–Crippen LogP) is 1.89. The molecule has 16 heavy (non-hydrogen) atoms. The summed E-state index contributed by atoms with van der Waals surface area (Å²) >= 11 is 4.35. The molecule has 0 aromatic rings. The molecule has 2 unspecified atom stereocenters. The van der Waals surface area contributed by atoms with Crippen molar-refractivity contribution >= 4 is 17.2 Å². The third-order valence-corrected chi connectivity index (χ3v) is 2.13. The van der Waals surface area contributed by atoms with Crippen molar-refractivity contribution in [3.8, 4) is 0 Å². The van der Waals surface area contributed by atoms with Gasteiger partial charge in [0, 0.05) is 6.61 Å². The largest absolute Gasteiger partial charge is 0.400 e. The Labute approximate surface area is 98.1 Å². The highest BCUT2D eigenvalue weighted by Gasteiger charge is 2.42. The highest BCUT2D eigenvalue weighted by atomic mass is 32.1. The summed E-state index contributed by atoms with van der Waals surface area (Å²) in [6.07, 6.45) is -4.88. The quantitative estimate of drug-likeness (QED) is 0.709. The van der Waals surface area contributed by atoms with Crippen LogP contribution in [0.2, 0.25) is 0 Å². The van der Waals surface area contributed by atoms with E-state index in [1.807, 2.05) is 0 Å². The Morgan fingerprint density at radius 3 is 2.31 bits per heavy atom. The van der Waals surface area contributed by atoms with Crippen molar-refractivity contribution in [1.29, 1.82) is 0 Å². The topological polar surface area (TPSA) is 44.5 Å². The number of nitrogens with two attached hydrogens (primary N) is 1. The normalized spacial score (nSPS) is 15.8. The van der Waals surface area contributed by atoms with Gasteiger partial charge in [-0.2, -0.15) is 13.2 Å². The Morgan fingerprint density at radius 2 is 1.94 bits per heavy atom. The maximum Gasteiger partial charge on any atom is 0.400 e. The summed E-state index contributed by atoms with van der Waals surface area (Å²) < 4.78 is 47.2. The number of ether oxygens (including phenoxy) is 2. The lowest BCUT2D eigenvalue weighted by Crippen LogP contribution is -2.39.